The van der Waals surface area contributed by atoms with E-state index in [0.717, 1.165) is 6.54 Å². The molecule has 2 amide bonds. The average Bonchev–Trinajstić information content (AvgIpc) is 2.93. The molecule has 1 aromatic rings. The summed E-state index contributed by atoms with van der Waals surface area (Å²) in [4.78, 5) is 31.9. The van der Waals surface area contributed by atoms with Crippen LogP contribution < -0.4 is 15.1 Å². The third kappa shape index (κ3) is 6.01. The Morgan fingerprint density at radius 2 is 2.03 bits per heavy atom. The lowest BCUT2D eigenvalue weighted by atomic mass is 10.2. The smallest absolute Gasteiger partial charge is 0.414 e. The lowest BCUT2D eigenvalue weighted by Gasteiger charge is -2.24. The maximum atomic E-state index is 14.9. The van der Waals surface area contributed by atoms with Crippen LogP contribution in [0.5, 0.6) is 0 Å². The number of hydrogen-bond donors (Lipinski definition) is 1. The molecule has 2 fully saturated rings. The van der Waals surface area contributed by atoms with Crippen LogP contribution in [0.3, 0.4) is 0 Å². The molecule has 11 heteroatoms. The first-order valence-electron chi connectivity index (χ1n) is 10.2. The average molecular weight is 444 g/mol. The third-order valence-electron chi connectivity index (χ3n) is 4.98. The molecule has 0 radical (unpaired) electrons. The Balaban J connectivity index is 1.61. The van der Waals surface area contributed by atoms with Gasteiger partial charge in [-0.2, -0.15) is 13.8 Å². The first-order chi connectivity index (χ1) is 14.7. The summed E-state index contributed by atoms with van der Waals surface area (Å²) in [5.41, 5.74) is 0.702. The summed E-state index contributed by atoms with van der Waals surface area (Å²) in [5.74, 6) is -1.47. The first-order valence-corrected chi connectivity index (χ1v) is 10.2. The van der Waals surface area contributed by atoms with Crippen LogP contribution in [0.4, 0.5) is 29.3 Å². The summed E-state index contributed by atoms with van der Waals surface area (Å²) in [6, 6.07) is 4.45. The van der Waals surface area contributed by atoms with Crippen molar-refractivity contribution in [2.75, 3.05) is 55.7 Å². The zero-order chi connectivity index (χ0) is 22.5. The summed E-state index contributed by atoms with van der Waals surface area (Å²) in [6.07, 6.45) is -4.67. The van der Waals surface area contributed by atoms with Crippen molar-refractivity contribution in [2.24, 2.45) is 5.92 Å². The highest BCUT2D eigenvalue weighted by atomic mass is 19.3. The topological polar surface area (TPSA) is 74.4 Å². The van der Waals surface area contributed by atoms with Gasteiger partial charge in [0.2, 0.25) is 0 Å². The van der Waals surface area contributed by atoms with Gasteiger partial charge < -0.3 is 15.0 Å². The molecule has 2 aliphatic heterocycles. The zero-order valence-corrected chi connectivity index (χ0v) is 17.5. The van der Waals surface area contributed by atoms with E-state index >= 15 is 0 Å². The molecule has 2 saturated heterocycles. The van der Waals surface area contributed by atoms with Crippen LogP contribution in [0.25, 0.3) is 0 Å². The van der Waals surface area contributed by atoms with Gasteiger partial charge in [-0.1, -0.05) is 13.8 Å². The SMILES string of the molecule is CC(C)CN1CCN(c2ccc(N3C[C@H](CNC(=O)C(F)F)OC3=O)cc2F)CCO1. The number of ether oxygens (including phenoxy) is 1. The minimum absolute atomic E-state index is 0.0167. The van der Waals surface area contributed by atoms with Crippen LogP contribution >= 0.6 is 0 Å². The van der Waals surface area contributed by atoms with Gasteiger partial charge in [0.05, 0.1) is 31.1 Å². The molecule has 31 heavy (non-hydrogen) atoms. The second-order valence-electron chi connectivity index (χ2n) is 7.90. The second-order valence-corrected chi connectivity index (χ2v) is 7.90. The number of cyclic esters (lactones) is 1. The Labute approximate surface area is 178 Å². The van der Waals surface area contributed by atoms with E-state index in [9.17, 15) is 22.8 Å². The van der Waals surface area contributed by atoms with Crippen molar-refractivity contribution in [3.8, 4) is 0 Å². The standard InChI is InChI=1S/C20H27F3N4O4/c1-13(2)11-26-6-5-25(7-8-30-26)17-4-3-14(9-16(17)21)27-12-15(31-20(27)29)10-24-19(28)18(22)23/h3-4,9,13,15,18H,5-8,10-12H2,1-2H3,(H,24,28)/t15-/m0/s1. The van der Waals surface area contributed by atoms with Crippen LogP contribution in [0.2, 0.25) is 0 Å². The molecule has 172 valence electrons. The molecule has 2 heterocycles. The highest BCUT2D eigenvalue weighted by Gasteiger charge is 2.33. The van der Waals surface area contributed by atoms with Crippen molar-refractivity contribution >= 4 is 23.4 Å². The molecule has 0 saturated carbocycles. The molecule has 1 aromatic carbocycles. The Bertz CT molecular complexity index is 796. The summed E-state index contributed by atoms with van der Waals surface area (Å²) in [5, 5.41) is 3.90. The van der Waals surface area contributed by atoms with Gasteiger partial charge in [-0.05, 0) is 24.1 Å². The van der Waals surface area contributed by atoms with E-state index in [-0.39, 0.29) is 13.1 Å². The summed E-state index contributed by atoms with van der Waals surface area (Å²) < 4.78 is 44.5. The molecule has 0 spiro atoms. The predicted octanol–water partition coefficient (Wildman–Crippen LogP) is 2.24. The van der Waals surface area contributed by atoms with Crippen LogP contribution in [0.15, 0.2) is 18.2 Å². The fraction of sp³-hybridized carbons (Fsp3) is 0.600. The number of halogens is 3. The van der Waals surface area contributed by atoms with Crippen molar-refractivity contribution in [3.63, 3.8) is 0 Å². The van der Waals surface area contributed by atoms with Crippen molar-refractivity contribution in [1.82, 2.24) is 10.4 Å². The summed E-state index contributed by atoms with van der Waals surface area (Å²) in [6.45, 7) is 6.99. The van der Waals surface area contributed by atoms with Crippen molar-refractivity contribution < 1.29 is 32.3 Å². The molecule has 1 atom stereocenters. The van der Waals surface area contributed by atoms with Crippen molar-refractivity contribution in [3.05, 3.63) is 24.0 Å². The molecule has 2 aliphatic rings. The van der Waals surface area contributed by atoms with Gasteiger partial charge in [-0.3, -0.25) is 14.5 Å². The minimum atomic E-state index is -3.14. The zero-order valence-electron chi connectivity index (χ0n) is 17.5. The van der Waals surface area contributed by atoms with E-state index in [1.807, 2.05) is 15.3 Å². The first kappa shape index (κ1) is 23.1. The molecule has 0 aliphatic carbocycles. The molecule has 8 nitrogen and oxygen atoms in total. The van der Waals surface area contributed by atoms with Gasteiger partial charge in [0, 0.05) is 26.2 Å². The van der Waals surface area contributed by atoms with Gasteiger partial charge in [-0.15, -0.1) is 0 Å². The number of hydroxylamine groups is 2. The summed E-state index contributed by atoms with van der Waals surface area (Å²) >= 11 is 0. The maximum absolute atomic E-state index is 14.9. The van der Waals surface area contributed by atoms with Crippen molar-refractivity contribution in [1.29, 1.82) is 0 Å². The lowest BCUT2D eigenvalue weighted by Crippen LogP contribution is -2.37. The molecular formula is C20H27F3N4O4. The van der Waals surface area contributed by atoms with E-state index in [1.165, 1.54) is 11.0 Å². The van der Waals surface area contributed by atoms with Crippen LogP contribution in [0, 0.1) is 11.7 Å². The number of alkyl halides is 2. The normalized spacial score (nSPS) is 20.4. The molecule has 0 bridgehead atoms. The van der Waals surface area contributed by atoms with E-state index in [0.29, 0.717) is 43.5 Å². The van der Waals surface area contributed by atoms with Crippen LogP contribution in [-0.4, -0.2) is 75.5 Å². The quantitative estimate of drug-likeness (QED) is 0.696. The maximum Gasteiger partial charge on any atom is 0.414 e. The number of nitrogens with one attached hydrogen (secondary N) is 1. The Morgan fingerprint density at radius 3 is 2.71 bits per heavy atom. The van der Waals surface area contributed by atoms with Crippen LogP contribution in [-0.2, 0) is 14.4 Å². The summed E-state index contributed by atoms with van der Waals surface area (Å²) in [7, 11) is 0. The Morgan fingerprint density at radius 1 is 1.26 bits per heavy atom. The van der Waals surface area contributed by atoms with Gasteiger partial charge >= 0.3 is 12.5 Å². The lowest BCUT2D eigenvalue weighted by molar-refractivity contribution is -0.153. The fourth-order valence-electron chi connectivity index (χ4n) is 3.53. The van der Waals surface area contributed by atoms with Crippen LogP contribution in [0.1, 0.15) is 13.8 Å². The molecule has 0 aromatic heterocycles. The largest absolute Gasteiger partial charge is 0.442 e. The number of rotatable bonds is 7. The molecule has 0 unspecified atom stereocenters. The Kier molecular flexibility index (Phi) is 7.60. The molecule has 3 rings (SSSR count). The number of anilines is 2. The van der Waals surface area contributed by atoms with Gasteiger partial charge in [0.15, 0.2) is 0 Å². The molecular weight excluding hydrogens is 417 g/mol. The van der Waals surface area contributed by atoms with E-state index < -0.39 is 30.3 Å². The second kappa shape index (κ2) is 10.2. The number of carbonyl (C=O) groups excluding carboxylic acids is 2. The van der Waals surface area contributed by atoms with E-state index in [4.69, 9.17) is 9.57 Å². The predicted molar refractivity (Wildman–Crippen MR) is 108 cm³/mol. The van der Waals surface area contributed by atoms with Crippen molar-refractivity contribution in [2.45, 2.75) is 26.4 Å². The number of hydrogen-bond acceptors (Lipinski definition) is 6. The fourth-order valence-corrected chi connectivity index (χ4v) is 3.53. The number of nitrogens with zero attached hydrogens (tertiary/aromatic N) is 3. The third-order valence-corrected chi connectivity index (χ3v) is 4.98. The Hall–Kier alpha value is -2.53. The number of benzene rings is 1. The van der Waals surface area contributed by atoms with Gasteiger partial charge in [0.25, 0.3) is 5.91 Å². The number of amides is 2. The van der Waals surface area contributed by atoms with E-state index in [1.54, 1.807) is 12.1 Å². The van der Waals surface area contributed by atoms with E-state index in [2.05, 4.69) is 13.8 Å². The highest BCUT2D eigenvalue weighted by molar-refractivity contribution is 5.90. The minimum Gasteiger partial charge on any atom is -0.442 e. The van der Waals surface area contributed by atoms with Gasteiger partial charge in [0.1, 0.15) is 11.9 Å². The molecule has 1 N–H and O–H groups in total. The highest BCUT2D eigenvalue weighted by Crippen LogP contribution is 2.28. The number of carbonyl (C=O) groups is 2. The monoisotopic (exact) mass is 444 g/mol. The van der Waals surface area contributed by atoms with Gasteiger partial charge in [-0.25, -0.2) is 9.18 Å².